The average molecular weight is 441 g/mol. The van der Waals surface area contributed by atoms with Crippen molar-refractivity contribution in [1.29, 1.82) is 0 Å². The Balaban J connectivity index is 2.27. The number of carbonyl (C=O) groups is 1. The Hall–Kier alpha value is -2.06. The van der Waals surface area contributed by atoms with Crippen LogP contribution in [-0.4, -0.2) is 39.4 Å². The van der Waals surface area contributed by atoms with Crippen molar-refractivity contribution in [3.05, 3.63) is 52.5 Å². The number of anilines is 1. The molecule has 2 aromatic rings. The van der Waals surface area contributed by atoms with Gasteiger partial charge < -0.3 is 9.64 Å². The number of amides is 1. The van der Waals surface area contributed by atoms with Crippen molar-refractivity contribution in [2.75, 3.05) is 24.9 Å². The van der Waals surface area contributed by atoms with Crippen LogP contribution in [0.5, 0.6) is 5.75 Å². The monoisotopic (exact) mass is 440 g/mol. The summed E-state index contributed by atoms with van der Waals surface area (Å²) in [5.41, 5.74) is 0.859. The van der Waals surface area contributed by atoms with E-state index in [1.165, 1.54) is 6.07 Å². The molecular weight excluding hydrogens is 420 g/mol. The SMILES string of the molecule is CCOc1ccc(Br)cc1S(=O)(=O)Nc1ccc(C(=O)N(C)CC)cc1. The fraction of sp³-hybridized carbons (Fsp3) is 0.278. The van der Waals surface area contributed by atoms with E-state index < -0.39 is 10.0 Å². The van der Waals surface area contributed by atoms with Crippen LogP contribution in [0.25, 0.3) is 0 Å². The molecular formula is C18H21BrN2O4S. The largest absolute Gasteiger partial charge is 0.492 e. The van der Waals surface area contributed by atoms with Crippen molar-refractivity contribution >= 4 is 37.5 Å². The second-order valence-electron chi connectivity index (χ2n) is 5.53. The zero-order chi connectivity index (χ0) is 19.3. The summed E-state index contributed by atoms with van der Waals surface area (Å²) in [5.74, 6) is 0.159. The van der Waals surface area contributed by atoms with Gasteiger partial charge in [0.2, 0.25) is 0 Å². The molecule has 6 nitrogen and oxygen atoms in total. The quantitative estimate of drug-likeness (QED) is 0.711. The van der Waals surface area contributed by atoms with Crippen LogP contribution < -0.4 is 9.46 Å². The molecule has 26 heavy (non-hydrogen) atoms. The number of hydrogen-bond donors (Lipinski definition) is 1. The Kier molecular flexibility index (Phi) is 6.66. The lowest BCUT2D eigenvalue weighted by molar-refractivity contribution is 0.0802. The standard InChI is InChI=1S/C18H21BrN2O4S/c1-4-21(3)18(22)13-6-9-15(10-7-13)20-26(23,24)17-12-14(19)8-11-16(17)25-5-2/h6-12,20H,4-5H2,1-3H3. The summed E-state index contributed by atoms with van der Waals surface area (Å²) in [4.78, 5) is 13.7. The first-order chi connectivity index (χ1) is 12.3. The molecule has 0 aliphatic rings. The van der Waals surface area contributed by atoms with E-state index in [1.807, 2.05) is 6.92 Å². The van der Waals surface area contributed by atoms with Gasteiger partial charge >= 0.3 is 0 Å². The van der Waals surface area contributed by atoms with Crippen molar-refractivity contribution in [2.24, 2.45) is 0 Å². The molecule has 0 fully saturated rings. The van der Waals surface area contributed by atoms with E-state index >= 15 is 0 Å². The summed E-state index contributed by atoms with van der Waals surface area (Å²) in [6.45, 7) is 4.62. The highest BCUT2D eigenvalue weighted by Gasteiger charge is 2.21. The zero-order valence-corrected chi connectivity index (χ0v) is 17.2. The highest BCUT2D eigenvalue weighted by Crippen LogP contribution is 2.29. The number of hydrogen-bond acceptors (Lipinski definition) is 4. The second-order valence-corrected chi connectivity index (χ2v) is 8.09. The van der Waals surface area contributed by atoms with Gasteiger partial charge in [-0.2, -0.15) is 0 Å². The Morgan fingerprint density at radius 1 is 1.15 bits per heavy atom. The fourth-order valence-corrected chi connectivity index (χ4v) is 3.96. The third-order valence-electron chi connectivity index (χ3n) is 3.70. The van der Waals surface area contributed by atoms with E-state index in [2.05, 4.69) is 20.7 Å². The fourth-order valence-electron chi connectivity index (χ4n) is 2.22. The van der Waals surface area contributed by atoms with Crippen LogP contribution in [0.3, 0.4) is 0 Å². The maximum atomic E-state index is 12.7. The van der Waals surface area contributed by atoms with E-state index in [-0.39, 0.29) is 16.6 Å². The van der Waals surface area contributed by atoms with Gasteiger partial charge in [-0.05, 0) is 56.3 Å². The maximum Gasteiger partial charge on any atom is 0.265 e. The highest BCUT2D eigenvalue weighted by atomic mass is 79.9. The van der Waals surface area contributed by atoms with Crippen LogP contribution in [0.2, 0.25) is 0 Å². The molecule has 0 heterocycles. The first kappa shape index (κ1) is 20.3. The summed E-state index contributed by atoms with van der Waals surface area (Å²) in [6, 6.07) is 11.1. The van der Waals surface area contributed by atoms with Crippen molar-refractivity contribution in [3.63, 3.8) is 0 Å². The minimum Gasteiger partial charge on any atom is -0.492 e. The topological polar surface area (TPSA) is 75.7 Å². The van der Waals surface area contributed by atoms with Crippen molar-refractivity contribution in [3.8, 4) is 5.75 Å². The predicted octanol–water partition coefficient (Wildman–Crippen LogP) is 3.74. The van der Waals surface area contributed by atoms with Crippen LogP contribution in [0.1, 0.15) is 24.2 Å². The van der Waals surface area contributed by atoms with Gasteiger partial charge in [0.15, 0.2) is 0 Å². The average Bonchev–Trinajstić information content (AvgIpc) is 2.62. The van der Waals surface area contributed by atoms with Crippen LogP contribution in [0.15, 0.2) is 51.8 Å². The van der Waals surface area contributed by atoms with E-state index in [1.54, 1.807) is 55.3 Å². The molecule has 0 aliphatic carbocycles. The number of ether oxygens (including phenoxy) is 1. The molecule has 0 atom stereocenters. The molecule has 0 saturated heterocycles. The third kappa shape index (κ3) is 4.76. The lowest BCUT2D eigenvalue weighted by Gasteiger charge is -2.15. The van der Waals surface area contributed by atoms with Crippen LogP contribution in [0, 0.1) is 0 Å². The zero-order valence-electron chi connectivity index (χ0n) is 14.8. The highest BCUT2D eigenvalue weighted by molar-refractivity contribution is 9.10. The molecule has 0 aromatic heterocycles. The molecule has 1 amide bonds. The molecule has 0 spiro atoms. The van der Waals surface area contributed by atoms with Crippen LogP contribution in [-0.2, 0) is 10.0 Å². The Morgan fingerprint density at radius 3 is 2.38 bits per heavy atom. The third-order valence-corrected chi connectivity index (χ3v) is 5.60. The Morgan fingerprint density at radius 2 is 1.81 bits per heavy atom. The molecule has 140 valence electrons. The predicted molar refractivity (Wildman–Crippen MR) is 105 cm³/mol. The van der Waals surface area contributed by atoms with Gasteiger partial charge in [0.25, 0.3) is 15.9 Å². The molecule has 0 saturated carbocycles. The van der Waals surface area contributed by atoms with E-state index in [0.717, 1.165) is 0 Å². The van der Waals surface area contributed by atoms with E-state index in [0.29, 0.717) is 28.9 Å². The Labute approximate surface area is 162 Å². The van der Waals surface area contributed by atoms with E-state index in [4.69, 9.17) is 4.74 Å². The summed E-state index contributed by atoms with van der Waals surface area (Å²) < 4.78 is 34.0. The first-order valence-corrected chi connectivity index (χ1v) is 10.4. The van der Waals surface area contributed by atoms with Gasteiger partial charge in [-0.3, -0.25) is 9.52 Å². The number of carbonyl (C=O) groups excluding carboxylic acids is 1. The van der Waals surface area contributed by atoms with Gasteiger partial charge in [-0.25, -0.2) is 8.42 Å². The number of sulfonamides is 1. The molecule has 2 aromatic carbocycles. The van der Waals surface area contributed by atoms with Gasteiger partial charge in [-0.1, -0.05) is 15.9 Å². The minimum absolute atomic E-state index is 0.0413. The number of nitrogens with zero attached hydrogens (tertiary/aromatic N) is 1. The van der Waals surface area contributed by atoms with Gasteiger partial charge in [0.05, 0.1) is 6.61 Å². The van der Waals surface area contributed by atoms with Crippen molar-refractivity contribution in [2.45, 2.75) is 18.7 Å². The van der Waals surface area contributed by atoms with Gasteiger partial charge in [0, 0.05) is 29.3 Å². The molecule has 8 heteroatoms. The molecule has 1 N–H and O–H groups in total. The summed E-state index contributed by atoms with van der Waals surface area (Å²) in [7, 11) is -2.13. The molecule has 0 bridgehead atoms. The number of nitrogens with one attached hydrogen (secondary N) is 1. The smallest absolute Gasteiger partial charge is 0.265 e. The van der Waals surface area contributed by atoms with Gasteiger partial charge in [-0.15, -0.1) is 0 Å². The number of halogens is 1. The minimum atomic E-state index is -3.84. The van der Waals surface area contributed by atoms with Crippen LogP contribution in [0.4, 0.5) is 5.69 Å². The molecule has 0 aliphatic heterocycles. The lowest BCUT2D eigenvalue weighted by atomic mass is 10.2. The normalized spacial score (nSPS) is 11.1. The van der Waals surface area contributed by atoms with Crippen molar-refractivity contribution in [1.82, 2.24) is 4.90 Å². The first-order valence-electron chi connectivity index (χ1n) is 8.09. The van der Waals surface area contributed by atoms with Crippen LogP contribution >= 0.6 is 15.9 Å². The maximum absolute atomic E-state index is 12.7. The lowest BCUT2D eigenvalue weighted by Crippen LogP contribution is -2.26. The summed E-state index contributed by atoms with van der Waals surface area (Å²) in [6.07, 6.45) is 0. The summed E-state index contributed by atoms with van der Waals surface area (Å²) in [5, 5.41) is 0. The van der Waals surface area contributed by atoms with Crippen molar-refractivity contribution < 1.29 is 17.9 Å². The number of benzene rings is 2. The number of rotatable bonds is 7. The molecule has 2 rings (SSSR count). The molecule has 0 unspecified atom stereocenters. The second kappa shape index (κ2) is 8.55. The van der Waals surface area contributed by atoms with E-state index in [9.17, 15) is 13.2 Å². The molecule has 0 radical (unpaired) electrons. The van der Waals surface area contributed by atoms with Gasteiger partial charge in [0.1, 0.15) is 10.6 Å². The summed E-state index contributed by atoms with van der Waals surface area (Å²) >= 11 is 3.28. The Bertz CT molecular complexity index is 883.